The van der Waals surface area contributed by atoms with Gasteiger partial charge in [-0.05, 0) is 36.8 Å². The Bertz CT molecular complexity index is 440. The van der Waals surface area contributed by atoms with Crippen molar-refractivity contribution < 1.29 is 8.78 Å². The highest BCUT2D eigenvalue weighted by Crippen LogP contribution is 2.28. The Morgan fingerprint density at radius 2 is 1.64 bits per heavy atom. The second-order valence-electron chi connectivity index (χ2n) is 3.07. The van der Waals surface area contributed by atoms with Gasteiger partial charge in [0.15, 0.2) is 0 Å². The van der Waals surface area contributed by atoms with E-state index in [0.717, 1.165) is 15.8 Å². The molecule has 0 N–H and O–H groups in total. The molecule has 0 saturated heterocycles. The first-order valence-electron chi connectivity index (χ1n) is 4.18. The lowest BCUT2D eigenvalue weighted by molar-refractivity contribution is 0.584. The quantitative estimate of drug-likeness (QED) is 0.667. The molecule has 1 heterocycles. The Morgan fingerprint density at radius 1 is 1.00 bits per heavy atom. The van der Waals surface area contributed by atoms with Crippen LogP contribution < -0.4 is 0 Å². The lowest BCUT2D eigenvalue weighted by Gasteiger charge is -1.97. The molecule has 0 saturated carbocycles. The van der Waals surface area contributed by atoms with Crippen LogP contribution in [0.2, 0.25) is 0 Å². The molecule has 0 unspecified atom stereocenters. The minimum absolute atomic E-state index is 0.536. The van der Waals surface area contributed by atoms with E-state index in [2.05, 4.69) is 0 Å². The molecular weight excluding hydrogens is 202 g/mol. The Kier molecular flexibility index (Phi) is 2.33. The van der Waals surface area contributed by atoms with Crippen molar-refractivity contribution in [3.8, 4) is 10.4 Å². The number of aryl methyl sites for hydroxylation is 1. The van der Waals surface area contributed by atoms with Gasteiger partial charge >= 0.3 is 0 Å². The Labute approximate surface area is 84.8 Å². The molecule has 0 aliphatic heterocycles. The Balaban J connectivity index is 2.51. The second kappa shape index (κ2) is 3.50. The first-order valence-corrected chi connectivity index (χ1v) is 5.00. The van der Waals surface area contributed by atoms with E-state index >= 15 is 0 Å². The van der Waals surface area contributed by atoms with E-state index in [-0.39, 0.29) is 0 Å². The zero-order valence-electron chi connectivity index (χ0n) is 7.55. The molecule has 2 rings (SSSR count). The van der Waals surface area contributed by atoms with Crippen LogP contribution >= 0.6 is 11.3 Å². The van der Waals surface area contributed by atoms with E-state index in [1.165, 1.54) is 23.5 Å². The van der Waals surface area contributed by atoms with Crippen LogP contribution in [0.5, 0.6) is 0 Å². The molecule has 0 amide bonds. The molecule has 0 nitrogen and oxygen atoms in total. The highest BCUT2D eigenvalue weighted by Gasteiger charge is 2.04. The average molecular weight is 210 g/mol. The van der Waals surface area contributed by atoms with Crippen molar-refractivity contribution in [1.82, 2.24) is 0 Å². The van der Waals surface area contributed by atoms with E-state index in [4.69, 9.17) is 0 Å². The number of halogens is 2. The molecule has 14 heavy (non-hydrogen) atoms. The third kappa shape index (κ3) is 1.82. The van der Waals surface area contributed by atoms with Crippen molar-refractivity contribution in [1.29, 1.82) is 0 Å². The summed E-state index contributed by atoms with van der Waals surface area (Å²) >= 11 is 1.52. The summed E-state index contributed by atoms with van der Waals surface area (Å²) in [5.41, 5.74) is 0.598. The van der Waals surface area contributed by atoms with Crippen molar-refractivity contribution in [3.63, 3.8) is 0 Å². The standard InChI is InChI=1S/C11H8F2S/c1-7-2-3-11(14-7)8-4-9(12)6-10(13)5-8/h2-6H,1H3. The summed E-state index contributed by atoms with van der Waals surface area (Å²) in [6, 6.07) is 7.36. The third-order valence-corrected chi connectivity index (χ3v) is 2.94. The van der Waals surface area contributed by atoms with Crippen LogP contribution in [0.1, 0.15) is 4.88 Å². The summed E-state index contributed by atoms with van der Waals surface area (Å²) < 4.78 is 25.8. The molecule has 1 aromatic carbocycles. The van der Waals surface area contributed by atoms with Crippen molar-refractivity contribution in [2.24, 2.45) is 0 Å². The zero-order valence-corrected chi connectivity index (χ0v) is 8.37. The Hall–Kier alpha value is -1.22. The van der Waals surface area contributed by atoms with Crippen LogP contribution in [0, 0.1) is 18.6 Å². The predicted molar refractivity (Wildman–Crippen MR) is 54.4 cm³/mol. The van der Waals surface area contributed by atoms with Gasteiger partial charge in [0.05, 0.1) is 0 Å². The molecule has 0 fully saturated rings. The van der Waals surface area contributed by atoms with Crippen LogP contribution in [0.15, 0.2) is 30.3 Å². The van der Waals surface area contributed by atoms with E-state index in [1.54, 1.807) is 0 Å². The van der Waals surface area contributed by atoms with Crippen LogP contribution in [0.3, 0.4) is 0 Å². The molecule has 72 valence electrons. The molecule has 0 aliphatic carbocycles. The molecule has 2 aromatic rings. The maximum atomic E-state index is 12.9. The van der Waals surface area contributed by atoms with Gasteiger partial charge in [-0.15, -0.1) is 11.3 Å². The third-order valence-electron chi connectivity index (χ3n) is 1.89. The minimum Gasteiger partial charge on any atom is -0.207 e. The van der Waals surface area contributed by atoms with E-state index < -0.39 is 11.6 Å². The normalized spacial score (nSPS) is 10.5. The van der Waals surface area contributed by atoms with Crippen LogP contribution in [0.4, 0.5) is 8.78 Å². The first kappa shape index (κ1) is 9.34. The number of benzene rings is 1. The van der Waals surface area contributed by atoms with E-state index in [0.29, 0.717) is 5.56 Å². The molecule has 0 radical (unpaired) electrons. The molecule has 0 aliphatic rings. The molecule has 0 spiro atoms. The summed E-state index contributed by atoms with van der Waals surface area (Å²) in [5.74, 6) is -1.07. The van der Waals surface area contributed by atoms with Crippen molar-refractivity contribution in [3.05, 3.63) is 46.8 Å². The summed E-state index contributed by atoms with van der Waals surface area (Å²) in [7, 11) is 0. The monoisotopic (exact) mass is 210 g/mol. The van der Waals surface area contributed by atoms with Gasteiger partial charge in [-0.3, -0.25) is 0 Å². The number of thiophene rings is 1. The molecule has 3 heteroatoms. The largest absolute Gasteiger partial charge is 0.207 e. The fourth-order valence-electron chi connectivity index (χ4n) is 1.29. The van der Waals surface area contributed by atoms with Gasteiger partial charge in [0, 0.05) is 15.8 Å². The van der Waals surface area contributed by atoms with Gasteiger partial charge < -0.3 is 0 Å². The SMILES string of the molecule is Cc1ccc(-c2cc(F)cc(F)c2)s1. The maximum absolute atomic E-state index is 12.9. The summed E-state index contributed by atoms with van der Waals surface area (Å²) in [6.45, 7) is 1.96. The predicted octanol–water partition coefficient (Wildman–Crippen LogP) is 4.00. The van der Waals surface area contributed by atoms with Crippen molar-refractivity contribution in [2.75, 3.05) is 0 Å². The highest BCUT2D eigenvalue weighted by molar-refractivity contribution is 7.15. The van der Waals surface area contributed by atoms with Gasteiger partial charge in [0.2, 0.25) is 0 Å². The van der Waals surface area contributed by atoms with E-state index in [1.807, 2.05) is 19.1 Å². The Morgan fingerprint density at radius 3 is 2.14 bits per heavy atom. The van der Waals surface area contributed by atoms with Crippen molar-refractivity contribution >= 4 is 11.3 Å². The zero-order chi connectivity index (χ0) is 10.1. The first-order chi connectivity index (χ1) is 6.65. The fourth-order valence-corrected chi connectivity index (χ4v) is 2.14. The maximum Gasteiger partial charge on any atom is 0.126 e. The van der Waals surface area contributed by atoms with Gasteiger partial charge in [-0.1, -0.05) is 0 Å². The fraction of sp³-hybridized carbons (Fsp3) is 0.0909. The van der Waals surface area contributed by atoms with E-state index in [9.17, 15) is 8.78 Å². The van der Waals surface area contributed by atoms with Gasteiger partial charge in [0.25, 0.3) is 0 Å². The average Bonchev–Trinajstić information content (AvgIpc) is 2.50. The molecule has 1 aromatic heterocycles. The number of hydrogen-bond donors (Lipinski definition) is 0. The van der Waals surface area contributed by atoms with Gasteiger partial charge in [0.1, 0.15) is 11.6 Å². The molecule has 0 bridgehead atoms. The summed E-state index contributed by atoms with van der Waals surface area (Å²) in [4.78, 5) is 2.02. The van der Waals surface area contributed by atoms with Gasteiger partial charge in [-0.2, -0.15) is 0 Å². The van der Waals surface area contributed by atoms with Crippen LogP contribution in [0.25, 0.3) is 10.4 Å². The molecule has 0 atom stereocenters. The number of rotatable bonds is 1. The highest BCUT2D eigenvalue weighted by atomic mass is 32.1. The summed E-state index contributed by atoms with van der Waals surface area (Å²) in [6.07, 6.45) is 0. The lowest BCUT2D eigenvalue weighted by Crippen LogP contribution is -1.81. The van der Waals surface area contributed by atoms with Crippen molar-refractivity contribution in [2.45, 2.75) is 6.92 Å². The lowest BCUT2D eigenvalue weighted by atomic mass is 10.2. The number of hydrogen-bond acceptors (Lipinski definition) is 1. The van der Waals surface area contributed by atoms with Crippen LogP contribution in [-0.4, -0.2) is 0 Å². The topological polar surface area (TPSA) is 0 Å². The van der Waals surface area contributed by atoms with Gasteiger partial charge in [-0.25, -0.2) is 8.78 Å². The molecular formula is C11H8F2S. The minimum atomic E-state index is -0.536. The summed E-state index contributed by atoms with van der Waals surface area (Å²) in [5, 5.41) is 0. The van der Waals surface area contributed by atoms with Crippen LogP contribution in [-0.2, 0) is 0 Å². The second-order valence-corrected chi connectivity index (χ2v) is 4.36. The smallest absolute Gasteiger partial charge is 0.126 e.